The van der Waals surface area contributed by atoms with Crippen LogP contribution in [0.1, 0.15) is 290 Å². The van der Waals surface area contributed by atoms with Crippen molar-refractivity contribution < 1.29 is 28.6 Å². The third kappa shape index (κ3) is 62.5. The smallest absolute Gasteiger partial charge is 0.306 e. The fraction of sp³-hybridized carbons (Fsp3) is 0.676. The van der Waals surface area contributed by atoms with Gasteiger partial charge in [-0.2, -0.15) is 0 Å². The molecule has 0 aromatic carbocycles. The first kappa shape index (κ1) is 72.8. The molecule has 0 aliphatic carbocycles. The molecule has 0 amide bonds. The molecule has 0 N–H and O–H groups in total. The molecule has 0 aromatic heterocycles. The molecule has 1 atom stereocenters. The summed E-state index contributed by atoms with van der Waals surface area (Å²) < 4.78 is 16.9. The molecule has 0 radical (unpaired) electrons. The third-order valence-corrected chi connectivity index (χ3v) is 13.5. The first-order valence-corrected chi connectivity index (χ1v) is 32.0. The van der Waals surface area contributed by atoms with E-state index in [1.165, 1.54) is 135 Å². The van der Waals surface area contributed by atoms with Gasteiger partial charge in [0, 0.05) is 19.3 Å². The highest BCUT2D eigenvalue weighted by molar-refractivity contribution is 5.71. The van der Waals surface area contributed by atoms with Crippen molar-refractivity contribution in [2.75, 3.05) is 13.2 Å². The van der Waals surface area contributed by atoms with Crippen molar-refractivity contribution in [3.8, 4) is 0 Å². The Morgan fingerprint density at radius 3 is 0.831 bits per heavy atom. The van der Waals surface area contributed by atoms with Crippen molar-refractivity contribution in [1.29, 1.82) is 0 Å². The van der Waals surface area contributed by atoms with E-state index in [1.54, 1.807) is 0 Å². The summed E-state index contributed by atoms with van der Waals surface area (Å²) in [6.07, 6.45) is 89.2. The summed E-state index contributed by atoms with van der Waals surface area (Å²) >= 11 is 0. The minimum absolute atomic E-state index is 0.101. The van der Waals surface area contributed by atoms with E-state index >= 15 is 0 Å². The number of hydrogen-bond donors (Lipinski definition) is 0. The number of carbonyl (C=O) groups excluding carboxylic acids is 3. The van der Waals surface area contributed by atoms with Gasteiger partial charge in [0.05, 0.1) is 0 Å². The molecule has 6 heteroatoms. The molecule has 0 aromatic rings. The summed E-state index contributed by atoms with van der Waals surface area (Å²) in [5, 5.41) is 0. The maximum absolute atomic E-state index is 12.9. The van der Waals surface area contributed by atoms with E-state index in [9.17, 15) is 14.4 Å². The number of hydrogen-bond acceptors (Lipinski definition) is 6. The Balaban J connectivity index is 4.38. The molecule has 0 fully saturated rings. The normalized spacial score (nSPS) is 12.9. The quantitative estimate of drug-likeness (QED) is 0.0261. The minimum Gasteiger partial charge on any atom is -0.462 e. The van der Waals surface area contributed by atoms with Gasteiger partial charge < -0.3 is 14.2 Å². The predicted molar refractivity (Wildman–Crippen MR) is 334 cm³/mol. The fourth-order valence-corrected chi connectivity index (χ4v) is 8.74. The Labute approximate surface area is 475 Å². The molecule has 77 heavy (non-hydrogen) atoms. The zero-order chi connectivity index (χ0) is 55.7. The zero-order valence-electron chi connectivity index (χ0n) is 50.2. The van der Waals surface area contributed by atoms with E-state index in [-0.39, 0.29) is 37.5 Å². The molecule has 0 saturated heterocycles. The molecular formula is C71H118O6. The molecule has 0 spiro atoms. The zero-order valence-corrected chi connectivity index (χ0v) is 50.2. The average Bonchev–Trinajstić information content (AvgIpc) is 3.43. The van der Waals surface area contributed by atoms with Crippen LogP contribution in [0.25, 0.3) is 0 Å². The van der Waals surface area contributed by atoms with Crippen LogP contribution in [0, 0.1) is 0 Å². The number of esters is 3. The van der Waals surface area contributed by atoms with Gasteiger partial charge in [0.15, 0.2) is 6.10 Å². The lowest BCUT2D eigenvalue weighted by Gasteiger charge is -2.18. The Kier molecular flexibility index (Phi) is 60.8. The third-order valence-electron chi connectivity index (χ3n) is 13.5. The van der Waals surface area contributed by atoms with Crippen molar-refractivity contribution >= 4 is 17.9 Å². The fourth-order valence-electron chi connectivity index (χ4n) is 8.74. The lowest BCUT2D eigenvalue weighted by atomic mass is 10.0. The lowest BCUT2D eigenvalue weighted by molar-refractivity contribution is -0.167. The van der Waals surface area contributed by atoms with Crippen LogP contribution >= 0.6 is 0 Å². The van der Waals surface area contributed by atoms with Gasteiger partial charge in [-0.1, -0.05) is 290 Å². The first-order chi connectivity index (χ1) is 38.0. The monoisotopic (exact) mass is 1070 g/mol. The average molecular weight is 1070 g/mol. The first-order valence-electron chi connectivity index (χ1n) is 32.0. The van der Waals surface area contributed by atoms with Crippen molar-refractivity contribution in [2.24, 2.45) is 0 Å². The standard InChI is InChI=1S/C71H118O6/c1-4-7-10-13-16-19-22-25-28-30-31-32-33-34-35-36-37-38-39-41-43-46-49-52-55-58-61-64-70(73)76-67-68(66-75-69(72)63-60-57-54-51-48-45-42-27-24-21-18-15-12-9-6-3)77-71(74)65-62-59-56-53-50-47-44-40-29-26-23-20-17-14-11-8-5-2/h7-8,10-11,16-17,19-20,25-26,28-29,31-32,34-35,44,47,53,56,68H,4-6,9,12-15,18,21-24,27,30,33,36-43,45-46,48-52,54-55,57-67H2,1-3H3/b10-7-,11-8-,19-16-,20-17-,28-25-,29-26-,32-31-,35-34-,47-44-,56-53-. The van der Waals surface area contributed by atoms with Crippen molar-refractivity contribution in [3.05, 3.63) is 122 Å². The SMILES string of the molecule is CC/C=C\C/C=C\C/C=C\C/C=C\C/C=C\CCCCCCCCCCCCCC(=O)OCC(COC(=O)CCCCCCCCCCCCCCCCC)OC(=O)CCC/C=C\C/C=C\C/C=C\C/C=C\C/C=C\CC. The highest BCUT2D eigenvalue weighted by Crippen LogP contribution is 2.16. The Hall–Kier alpha value is -4.19. The molecule has 1 unspecified atom stereocenters. The number of allylic oxidation sites excluding steroid dienone is 20. The second kappa shape index (κ2) is 64.3. The summed E-state index contributed by atoms with van der Waals surface area (Å²) in [7, 11) is 0. The van der Waals surface area contributed by atoms with Crippen molar-refractivity contribution in [2.45, 2.75) is 297 Å². The van der Waals surface area contributed by atoms with Gasteiger partial charge in [-0.25, -0.2) is 0 Å². The molecule has 438 valence electrons. The van der Waals surface area contributed by atoms with E-state index in [0.29, 0.717) is 19.3 Å². The molecule has 0 heterocycles. The Morgan fingerprint density at radius 2 is 0.519 bits per heavy atom. The Bertz CT molecular complexity index is 1600. The molecule has 0 bridgehead atoms. The molecule has 0 aliphatic heterocycles. The number of unbranched alkanes of at least 4 members (excludes halogenated alkanes) is 26. The largest absolute Gasteiger partial charge is 0.462 e. The second-order valence-electron chi connectivity index (χ2n) is 20.9. The van der Waals surface area contributed by atoms with Crippen LogP contribution in [0.5, 0.6) is 0 Å². The van der Waals surface area contributed by atoms with Crippen molar-refractivity contribution in [1.82, 2.24) is 0 Å². The number of carbonyl (C=O) groups is 3. The highest BCUT2D eigenvalue weighted by atomic mass is 16.6. The summed E-state index contributed by atoms with van der Waals surface area (Å²) in [6, 6.07) is 0. The van der Waals surface area contributed by atoms with E-state index in [2.05, 4.69) is 142 Å². The molecule has 0 saturated carbocycles. The van der Waals surface area contributed by atoms with Crippen LogP contribution in [0.2, 0.25) is 0 Å². The summed E-state index contributed by atoms with van der Waals surface area (Å²) in [5.74, 6) is -0.956. The predicted octanol–water partition coefficient (Wildman–Crippen LogP) is 22.0. The van der Waals surface area contributed by atoms with E-state index in [4.69, 9.17) is 14.2 Å². The molecule has 0 aliphatic rings. The van der Waals surface area contributed by atoms with Crippen LogP contribution in [0.4, 0.5) is 0 Å². The maximum Gasteiger partial charge on any atom is 0.306 e. The number of rotatable bonds is 57. The van der Waals surface area contributed by atoms with Crippen LogP contribution in [0.15, 0.2) is 122 Å². The Morgan fingerprint density at radius 1 is 0.273 bits per heavy atom. The maximum atomic E-state index is 12.9. The molecule has 0 rings (SSSR count). The van der Waals surface area contributed by atoms with E-state index in [1.807, 2.05) is 0 Å². The van der Waals surface area contributed by atoms with Crippen LogP contribution in [-0.4, -0.2) is 37.2 Å². The summed E-state index contributed by atoms with van der Waals surface area (Å²) in [6.45, 7) is 6.38. The second-order valence-corrected chi connectivity index (χ2v) is 20.9. The van der Waals surface area contributed by atoms with Crippen LogP contribution in [-0.2, 0) is 28.6 Å². The minimum atomic E-state index is -0.811. The topological polar surface area (TPSA) is 78.9 Å². The van der Waals surface area contributed by atoms with Gasteiger partial charge in [-0.05, 0) is 103 Å². The van der Waals surface area contributed by atoms with Crippen LogP contribution < -0.4 is 0 Å². The van der Waals surface area contributed by atoms with Crippen LogP contribution in [0.3, 0.4) is 0 Å². The van der Waals surface area contributed by atoms with Gasteiger partial charge >= 0.3 is 17.9 Å². The lowest BCUT2D eigenvalue weighted by Crippen LogP contribution is -2.30. The van der Waals surface area contributed by atoms with E-state index < -0.39 is 6.10 Å². The molecule has 6 nitrogen and oxygen atoms in total. The van der Waals surface area contributed by atoms with Gasteiger partial charge in [0.2, 0.25) is 0 Å². The highest BCUT2D eigenvalue weighted by Gasteiger charge is 2.19. The number of ether oxygens (including phenoxy) is 3. The van der Waals surface area contributed by atoms with Crippen molar-refractivity contribution in [3.63, 3.8) is 0 Å². The summed E-state index contributed by atoms with van der Waals surface area (Å²) in [5.41, 5.74) is 0. The van der Waals surface area contributed by atoms with Gasteiger partial charge in [-0.3, -0.25) is 14.4 Å². The molecular weight excluding hydrogens is 949 g/mol. The van der Waals surface area contributed by atoms with Gasteiger partial charge in [0.1, 0.15) is 13.2 Å². The van der Waals surface area contributed by atoms with E-state index in [0.717, 1.165) is 109 Å². The van der Waals surface area contributed by atoms with Gasteiger partial charge in [0.25, 0.3) is 0 Å². The van der Waals surface area contributed by atoms with Gasteiger partial charge in [-0.15, -0.1) is 0 Å². The summed E-state index contributed by atoms with van der Waals surface area (Å²) in [4.78, 5) is 38.3.